The summed E-state index contributed by atoms with van der Waals surface area (Å²) in [6, 6.07) is 8.02. The van der Waals surface area contributed by atoms with Crippen LogP contribution in [0.5, 0.6) is 0 Å². The van der Waals surface area contributed by atoms with Gasteiger partial charge in [-0.3, -0.25) is 4.79 Å². The van der Waals surface area contributed by atoms with Crippen LogP contribution in [0, 0.1) is 0 Å². The number of rotatable bonds is 8. The maximum absolute atomic E-state index is 12.8. The highest BCUT2D eigenvalue weighted by Gasteiger charge is 2.25. The Labute approximate surface area is 194 Å². The van der Waals surface area contributed by atoms with Gasteiger partial charge in [-0.15, -0.1) is 16.8 Å². The Kier molecular flexibility index (Phi) is 7.86. The first-order valence-electron chi connectivity index (χ1n) is 11.6. The summed E-state index contributed by atoms with van der Waals surface area (Å²) in [6.07, 6.45) is 8.00. The van der Waals surface area contributed by atoms with Gasteiger partial charge in [0.2, 0.25) is 5.91 Å². The Balaban J connectivity index is 1.38. The van der Waals surface area contributed by atoms with Crippen molar-refractivity contribution in [1.82, 2.24) is 14.8 Å². The fraction of sp³-hybridized carbons (Fsp3) is 0.542. The lowest BCUT2D eigenvalue weighted by Crippen LogP contribution is -2.36. The SMILES string of the molecule is C=CCn1c(S[C@@H](C)C(=O)Nc2ccc(N3CCOCC3)cc2)nnc1C1CCCCC1. The molecule has 2 heterocycles. The number of carbonyl (C=O) groups excluding carboxylic acids is 1. The van der Waals surface area contributed by atoms with Crippen LogP contribution >= 0.6 is 11.8 Å². The highest BCUT2D eigenvalue weighted by molar-refractivity contribution is 8.00. The number of hydrogen-bond acceptors (Lipinski definition) is 6. The van der Waals surface area contributed by atoms with Crippen LogP contribution < -0.4 is 10.2 Å². The number of thioether (sulfide) groups is 1. The summed E-state index contributed by atoms with van der Waals surface area (Å²) >= 11 is 1.46. The van der Waals surface area contributed by atoms with Crippen molar-refractivity contribution in [1.29, 1.82) is 0 Å². The van der Waals surface area contributed by atoms with E-state index in [0.29, 0.717) is 12.5 Å². The maximum Gasteiger partial charge on any atom is 0.237 e. The number of hydrogen-bond donors (Lipinski definition) is 1. The van der Waals surface area contributed by atoms with E-state index in [-0.39, 0.29) is 11.2 Å². The van der Waals surface area contributed by atoms with E-state index in [0.717, 1.165) is 61.5 Å². The van der Waals surface area contributed by atoms with E-state index in [1.807, 2.05) is 25.1 Å². The number of ether oxygens (including phenoxy) is 1. The van der Waals surface area contributed by atoms with Crippen LogP contribution in [0.1, 0.15) is 50.8 Å². The largest absolute Gasteiger partial charge is 0.378 e. The number of nitrogens with zero attached hydrogens (tertiary/aromatic N) is 4. The molecule has 0 bridgehead atoms. The Hall–Kier alpha value is -2.32. The highest BCUT2D eigenvalue weighted by Crippen LogP contribution is 2.34. The molecule has 2 fully saturated rings. The zero-order chi connectivity index (χ0) is 22.3. The number of amides is 1. The lowest BCUT2D eigenvalue weighted by molar-refractivity contribution is -0.115. The third-order valence-corrected chi connectivity index (χ3v) is 7.27. The van der Waals surface area contributed by atoms with Crippen molar-refractivity contribution < 1.29 is 9.53 Å². The standard InChI is InChI=1S/C24H33N5O2S/c1-3-13-29-22(19-7-5-4-6-8-19)26-27-24(29)32-18(2)23(30)25-20-9-11-21(12-10-20)28-14-16-31-17-15-28/h3,9-12,18-19H,1,4-8,13-17H2,2H3,(H,25,30)/t18-/m0/s1. The molecule has 0 spiro atoms. The van der Waals surface area contributed by atoms with E-state index in [4.69, 9.17) is 4.74 Å². The predicted molar refractivity (Wildman–Crippen MR) is 129 cm³/mol. The maximum atomic E-state index is 12.8. The smallest absolute Gasteiger partial charge is 0.237 e. The predicted octanol–water partition coefficient (Wildman–Crippen LogP) is 4.47. The molecule has 1 N–H and O–H groups in total. The number of nitrogens with one attached hydrogen (secondary N) is 1. The number of aromatic nitrogens is 3. The molecule has 0 unspecified atom stereocenters. The summed E-state index contributed by atoms with van der Waals surface area (Å²) in [5.41, 5.74) is 1.96. The minimum atomic E-state index is -0.291. The van der Waals surface area contributed by atoms with Gasteiger partial charge >= 0.3 is 0 Å². The number of morpholine rings is 1. The summed E-state index contributed by atoms with van der Waals surface area (Å²) in [4.78, 5) is 15.1. The summed E-state index contributed by atoms with van der Waals surface area (Å²) in [6.45, 7) is 9.78. The second-order valence-corrected chi connectivity index (χ2v) is 9.78. The Morgan fingerprint density at radius 1 is 1.22 bits per heavy atom. The fourth-order valence-corrected chi connectivity index (χ4v) is 5.25. The van der Waals surface area contributed by atoms with Gasteiger partial charge in [-0.1, -0.05) is 37.1 Å². The fourth-order valence-electron chi connectivity index (χ4n) is 4.38. The van der Waals surface area contributed by atoms with E-state index in [1.165, 1.54) is 31.0 Å². The van der Waals surface area contributed by atoms with Crippen LogP contribution in [-0.2, 0) is 16.1 Å². The first-order chi connectivity index (χ1) is 15.7. The van der Waals surface area contributed by atoms with Gasteiger partial charge in [-0.25, -0.2) is 0 Å². The van der Waals surface area contributed by atoms with Gasteiger partial charge in [0, 0.05) is 36.9 Å². The summed E-state index contributed by atoms with van der Waals surface area (Å²) < 4.78 is 7.55. The minimum absolute atomic E-state index is 0.0403. The van der Waals surface area contributed by atoms with Crippen molar-refractivity contribution in [2.45, 2.75) is 61.9 Å². The van der Waals surface area contributed by atoms with E-state index in [1.54, 1.807) is 0 Å². The molecule has 0 radical (unpaired) electrons. The first kappa shape index (κ1) is 22.9. The molecule has 32 heavy (non-hydrogen) atoms. The van der Waals surface area contributed by atoms with Crippen LogP contribution in [0.2, 0.25) is 0 Å². The number of anilines is 2. The van der Waals surface area contributed by atoms with E-state index >= 15 is 0 Å². The van der Waals surface area contributed by atoms with Crippen LogP contribution in [0.25, 0.3) is 0 Å². The van der Waals surface area contributed by atoms with Crippen molar-refractivity contribution in [3.8, 4) is 0 Å². The first-order valence-corrected chi connectivity index (χ1v) is 12.5. The molecular formula is C24H33N5O2S. The average Bonchev–Trinajstić information content (AvgIpc) is 3.23. The van der Waals surface area contributed by atoms with Crippen molar-refractivity contribution in [2.75, 3.05) is 36.5 Å². The molecule has 1 aromatic carbocycles. The molecule has 1 aliphatic carbocycles. The van der Waals surface area contributed by atoms with Crippen molar-refractivity contribution in [3.05, 3.63) is 42.7 Å². The molecule has 1 saturated heterocycles. The number of benzene rings is 1. The molecule has 2 aliphatic rings. The van der Waals surface area contributed by atoms with Crippen LogP contribution in [0.4, 0.5) is 11.4 Å². The van der Waals surface area contributed by atoms with Crippen molar-refractivity contribution in [2.24, 2.45) is 0 Å². The molecule has 1 aromatic heterocycles. The molecule has 2 aromatic rings. The van der Waals surface area contributed by atoms with Gasteiger partial charge in [0.1, 0.15) is 5.82 Å². The molecule has 1 aliphatic heterocycles. The van der Waals surface area contributed by atoms with Gasteiger partial charge in [-0.2, -0.15) is 0 Å². The van der Waals surface area contributed by atoms with Gasteiger partial charge < -0.3 is 19.5 Å². The normalized spacial score (nSPS) is 18.3. The van der Waals surface area contributed by atoms with E-state index in [2.05, 4.69) is 43.7 Å². The second kappa shape index (κ2) is 11.0. The topological polar surface area (TPSA) is 72.3 Å². The van der Waals surface area contributed by atoms with Crippen molar-refractivity contribution in [3.63, 3.8) is 0 Å². The van der Waals surface area contributed by atoms with Crippen LogP contribution in [0.3, 0.4) is 0 Å². The van der Waals surface area contributed by atoms with Gasteiger partial charge in [-0.05, 0) is 44.0 Å². The molecule has 1 amide bonds. The van der Waals surface area contributed by atoms with Gasteiger partial charge in [0.05, 0.1) is 18.5 Å². The summed E-state index contributed by atoms with van der Waals surface area (Å²) in [5, 5.41) is 12.5. The van der Waals surface area contributed by atoms with Gasteiger partial charge in [0.15, 0.2) is 5.16 Å². The molecule has 172 valence electrons. The zero-order valence-corrected chi connectivity index (χ0v) is 19.6. The molecule has 1 saturated carbocycles. The molecular weight excluding hydrogens is 422 g/mol. The third-order valence-electron chi connectivity index (χ3n) is 6.19. The Morgan fingerprint density at radius 2 is 1.94 bits per heavy atom. The van der Waals surface area contributed by atoms with Crippen LogP contribution in [0.15, 0.2) is 42.1 Å². The Morgan fingerprint density at radius 3 is 2.62 bits per heavy atom. The average molecular weight is 456 g/mol. The second-order valence-electron chi connectivity index (χ2n) is 8.47. The molecule has 1 atom stereocenters. The lowest BCUT2D eigenvalue weighted by atomic mass is 9.89. The van der Waals surface area contributed by atoms with E-state index in [9.17, 15) is 4.79 Å². The van der Waals surface area contributed by atoms with E-state index < -0.39 is 0 Å². The van der Waals surface area contributed by atoms with Crippen LogP contribution in [-0.4, -0.2) is 52.2 Å². The van der Waals surface area contributed by atoms with Crippen molar-refractivity contribution >= 4 is 29.0 Å². The minimum Gasteiger partial charge on any atom is -0.378 e. The molecule has 7 nitrogen and oxygen atoms in total. The third kappa shape index (κ3) is 5.53. The number of carbonyl (C=O) groups is 1. The highest BCUT2D eigenvalue weighted by atomic mass is 32.2. The quantitative estimate of drug-likeness (QED) is 0.468. The number of allylic oxidation sites excluding steroid dienone is 1. The monoisotopic (exact) mass is 455 g/mol. The lowest BCUT2D eigenvalue weighted by Gasteiger charge is -2.28. The molecule has 4 rings (SSSR count). The molecule has 8 heteroatoms. The summed E-state index contributed by atoms with van der Waals surface area (Å²) in [5.74, 6) is 1.46. The Bertz CT molecular complexity index is 902. The summed E-state index contributed by atoms with van der Waals surface area (Å²) in [7, 11) is 0. The zero-order valence-electron chi connectivity index (χ0n) is 18.8. The van der Waals surface area contributed by atoms with Gasteiger partial charge in [0.25, 0.3) is 0 Å².